The van der Waals surface area contributed by atoms with Crippen LogP contribution in [-0.2, 0) is 4.74 Å². The molecule has 0 bridgehead atoms. The van der Waals surface area contributed by atoms with Crippen LogP contribution in [0.15, 0.2) is 0 Å². The van der Waals surface area contributed by atoms with E-state index < -0.39 is 0 Å². The Labute approximate surface area is 111 Å². The summed E-state index contributed by atoms with van der Waals surface area (Å²) in [7, 11) is 1.87. The van der Waals surface area contributed by atoms with Gasteiger partial charge in [0.25, 0.3) is 0 Å². The van der Waals surface area contributed by atoms with Gasteiger partial charge in [0.15, 0.2) is 0 Å². The van der Waals surface area contributed by atoms with Crippen LogP contribution in [0.1, 0.15) is 32.6 Å². The number of ether oxygens (including phenoxy) is 1. The van der Waals surface area contributed by atoms with Gasteiger partial charge in [-0.05, 0) is 62.6 Å². The van der Waals surface area contributed by atoms with Gasteiger partial charge in [-0.3, -0.25) is 0 Å². The molecule has 0 radical (unpaired) electrons. The number of hydrogen-bond acceptors (Lipinski definition) is 3. The third-order valence-corrected chi connectivity index (χ3v) is 5.71. The Morgan fingerprint density at radius 3 is 2.83 bits per heavy atom. The van der Waals surface area contributed by atoms with Crippen LogP contribution in [0.2, 0.25) is 0 Å². The molecule has 0 aromatic carbocycles. The molecule has 1 aliphatic carbocycles. The number of likely N-dealkylation sites (tertiary alicyclic amines) is 1. The van der Waals surface area contributed by atoms with Gasteiger partial charge >= 0.3 is 0 Å². The Morgan fingerprint density at radius 1 is 1.33 bits per heavy atom. The predicted octanol–water partition coefficient (Wildman–Crippen LogP) is 1.73. The Hall–Kier alpha value is -0.120. The van der Waals surface area contributed by atoms with E-state index in [4.69, 9.17) is 4.74 Å². The number of nitrogens with zero attached hydrogens (tertiary/aromatic N) is 1. The van der Waals surface area contributed by atoms with Crippen LogP contribution >= 0.6 is 0 Å². The van der Waals surface area contributed by atoms with E-state index in [2.05, 4.69) is 17.1 Å². The van der Waals surface area contributed by atoms with Crippen LogP contribution in [0.4, 0.5) is 0 Å². The summed E-state index contributed by atoms with van der Waals surface area (Å²) in [6.07, 6.45) is 6.07. The average molecular weight is 252 g/mol. The lowest BCUT2D eigenvalue weighted by Crippen LogP contribution is -2.45. The minimum Gasteiger partial charge on any atom is -0.380 e. The molecule has 0 aromatic rings. The van der Waals surface area contributed by atoms with Crippen LogP contribution in [0.3, 0.4) is 0 Å². The third kappa shape index (κ3) is 2.45. The zero-order valence-corrected chi connectivity index (χ0v) is 12.0. The summed E-state index contributed by atoms with van der Waals surface area (Å²) in [6.45, 7) is 8.58. The van der Waals surface area contributed by atoms with Gasteiger partial charge in [-0.15, -0.1) is 0 Å². The van der Waals surface area contributed by atoms with Crippen molar-refractivity contribution in [3.63, 3.8) is 0 Å². The molecule has 2 saturated heterocycles. The fourth-order valence-electron chi connectivity index (χ4n) is 4.11. The van der Waals surface area contributed by atoms with Crippen molar-refractivity contribution in [2.45, 2.75) is 38.7 Å². The number of nitrogens with one attached hydrogen (secondary N) is 1. The van der Waals surface area contributed by atoms with E-state index in [1.807, 2.05) is 7.11 Å². The molecule has 3 aliphatic rings. The highest BCUT2D eigenvalue weighted by molar-refractivity contribution is 5.05. The highest BCUT2D eigenvalue weighted by Crippen LogP contribution is 2.58. The summed E-state index contributed by atoms with van der Waals surface area (Å²) in [4.78, 5) is 2.66. The summed E-state index contributed by atoms with van der Waals surface area (Å²) in [6, 6.07) is 0. The lowest BCUT2D eigenvalue weighted by atomic mass is 9.91. The van der Waals surface area contributed by atoms with E-state index in [1.165, 1.54) is 51.9 Å². The number of methoxy groups -OCH3 is 1. The van der Waals surface area contributed by atoms with Gasteiger partial charge in [-0.1, -0.05) is 6.92 Å². The quantitative estimate of drug-likeness (QED) is 0.828. The third-order valence-electron chi connectivity index (χ3n) is 5.71. The Balaban J connectivity index is 1.49. The van der Waals surface area contributed by atoms with Crippen LogP contribution < -0.4 is 5.32 Å². The molecule has 1 saturated carbocycles. The number of hydrogen-bond donors (Lipinski definition) is 1. The molecule has 3 rings (SSSR count). The molecule has 0 amide bonds. The molecule has 0 aromatic heterocycles. The second kappa shape index (κ2) is 5.10. The van der Waals surface area contributed by atoms with Crippen LogP contribution in [-0.4, -0.2) is 50.8 Å². The molecule has 3 heteroatoms. The Kier molecular flexibility index (Phi) is 3.65. The zero-order chi connectivity index (χ0) is 12.6. The van der Waals surface area contributed by atoms with Crippen LogP contribution in [0, 0.1) is 17.3 Å². The van der Waals surface area contributed by atoms with Gasteiger partial charge in [-0.2, -0.15) is 0 Å². The molecule has 1 spiro atoms. The first-order valence-electron chi connectivity index (χ1n) is 7.69. The molecule has 3 nitrogen and oxygen atoms in total. The summed E-state index contributed by atoms with van der Waals surface area (Å²) in [5.74, 6) is 1.71. The summed E-state index contributed by atoms with van der Waals surface area (Å²) in [5, 5.41) is 3.49. The fraction of sp³-hybridized carbons (Fsp3) is 1.00. The molecule has 2 heterocycles. The summed E-state index contributed by atoms with van der Waals surface area (Å²) >= 11 is 0. The maximum absolute atomic E-state index is 5.62. The normalized spacial score (nSPS) is 40.0. The smallest absolute Gasteiger partial charge is 0.0724 e. The van der Waals surface area contributed by atoms with Crippen molar-refractivity contribution in [1.29, 1.82) is 0 Å². The molecule has 3 fully saturated rings. The van der Waals surface area contributed by atoms with Crippen molar-refractivity contribution in [3.05, 3.63) is 0 Å². The highest BCUT2D eigenvalue weighted by Gasteiger charge is 2.54. The monoisotopic (exact) mass is 252 g/mol. The van der Waals surface area contributed by atoms with Crippen molar-refractivity contribution in [1.82, 2.24) is 10.2 Å². The minimum absolute atomic E-state index is 0.460. The SMILES string of the molecule is COC1CN(CC2CC23CCNCC3)CCC1C. The van der Waals surface area contributed by atoms with E-state index in [0.717, 1.165) is 23.8 Å². The fourth-order valence-corrected chi connectivity index (χ4v) is 4.11. The van der Waals surface area contributed by atoms with Crippen molar-refractivity contribution in [2.75, 3.05) is 39.8 Å². The number of piperidine rings is 2. The van der Waals surface area contributed by atoms with Crippen LogP contribution in [0.25, 0.3) is 0 Å². The first kappa shape index (κ1) is 12.9. The van der Waals surface area contributed by atoms with E-state index in [9.17, 15) is 0 Å². The Morgan fingerprint density at radius 2 is 2.11 bits per heavy atom. The first-order chi connectivity index (χ1) is 8.73. The molecule has 3 atom stereocenters. The molecular weight excluding hydrogens is 224 g/mol. The van der Waals surface area contributed by atoms with Crippen molar-refractivity contribution in [2.24, 2.45) is 17.3 Å². The maximum Gasteiger partial charge on any atom is 0.0724 e. The van der Waals surface area contributed by atoms with Gasteiger partial charge in [0, 0.05) is 20.2 Å². The van der Waals surface area contributed by atoms with Crippen molar-refractivity contribution in [3.8, 4) is 0 Å². The minimum atomic E-state index is 0.460. The lowest BCUT2D eigenvalue weighted by molar-refractivity contribution is -0.00752. The molecule has 18 heavy (non-hydrogen) atoms. The second-order valence-electron chi connectivity index (χ2n) is 6.81. The molecule has 2 aliphatic heterocycles. The highest BCUT2D eigenvalue weighted by atomic mass is 16.5. The standard InChI is InChI=1S/C15H28N2O/c1-12-3-8-17(11-14(12)18-2)10-13-9-15(13)4-6-16-7-5-15/h12-14,16H,3-11H2,1-2H3. The van der Waals surface area contributed by atoms with Crippen LogP contribution in [0.5, 0.6) is 0 Å². The average Bonchev–Trinajstić information content (AvgIpc) is 3.04. The van der Waals surface area contributed by atoms with Gasteiger partial charge in [0.05, 0.1) is 6.10 Å². The second-order valence-corrected chi connectivity index (χ2v) is 6.81. The van der Waals surface area contributed by atoms with Gasteiger partial charge in [0.2, 0.25) is 0 Å². The van der Waals surface area contributed by atoms with Gasteiger partial charge < -0.3 is 15.0 Å². The van der Waals surface area contributed by atoms with Gasteiger partial charge in [0.1, 0.15) is 0 Å². The largest absolute Gasteiger partial charge is 0.380 e. The zero-order valence-electron chi connectivity index (χ0n) is 12.0. The van der Waals surface area contributed by atoms with Crippen molar-refractivity contribution >= 4 is 0 Å². The van der Waals surface area contributed by atoms with E-state index in [-0.39, 0.29) is 0 Å². The summed E-state index contributed by atoms with van der Waals surface area (Å²) < 4.78 is 5.62. The van der Waals surface area contributed by atoms with E-state index >= 15 is 0 Å². The van der Waals surface area contributed by atoms with E-state index in [1.54, 1.807) is 0 Å². The molecule has 3 unspecified atom stereocenters. The first-order valence-corrected chi connectivity index (χ1v) is 7.69. The summed E-state index contributed by atoms with van der Waals surface area (Å²) in [5.41, 5.74) is 0.733. The molecule has 1 N–H and O–H groups in total. The van der Waals surface area contributed by atoms with Gasteiger partial charge in [-0.25, -0.2) is 0 Å². The lowest BCUT2D eigenvalue weighted by Gasteiger charge is -2.37. The maximum atomic E-state index is 5.62. The predicted molar refractivity (Wildman–Crippen MR) is 73.7 cm³/mol. The van der Waals surface area contributed by atoms with E-state index in [0.29, 0.717) is 6.10 Å². The molecule has 104 valence electrons. The molecular formula is C15H28N2O. The Bertz CT molecular complexity index is 288. The topological polar surface area (TPSA) is 24.5 Å². The number of rotatable bonds is 3. The van der Waals surface area contributed by atoms with Crippen molar-refractivity contribution < 1.29 is 4.74 Å².